The van der Waals surface area contributed by atoms with Crippen molar-refractivity contribution < 1.29 is 18.3 Å². The van der Waals surface area contributed by atoms with Gasteiger partial charge in [-0.3, -0.25) is 4.98 Å². The van der Waals surface area contributed by atoms with Crippen LogP contribution in [0.2, 0.25) is 0 Å². The Labute approximate surface area is 126 Å². The fraction of sp³-hybridized carbons (Fsp3) is 0.438. The van der Waals surface area contributed by atoms with Crippen molar-refractivity contribution in [2.45, 2.75) is 25.6 Å². The molecule has 118 valence electrons. The predicted octanol–water partition coefficient (Wildman–Crippen LogP) is 3.46. The molecule has 0 amide bonds. The van der Waals surface area contributed by atoms with E-state index in [1.165, 1.54) is 12.3 Å². The number of halogens is 3. The lowest BCUT2D eigenvalue weighted by molar-refractivity contribution is -0.136. The molecule has 3 nitrogen and oxygen atoms in total. The molecule has 1 aliphatic heterocycles. The molecule has 0 spiro atoms. The molecular weight excluding hydrogens is 293 g/mol. The molecule has 3 rings (SSSR count). The Morgan fingerprint density at radius 1 is 1.23 bits per heavy atom. The Bertz CT molecular complexity index is 677. The Balaban J connectivity index is 2.12. The van der Waals surface area contributed by atoms with Crippen LogP contribution in [0.1, 0.15) is 18.9 Å². The lowest BCUT2D eigenvalue weighted by atomic mass is 9.96. The third-order valence-electron chi connectivity index (χ3n) is 4.03. The van der Waals surface area contributed by atoms with Gasteiger partial charge in [-0.15, -0.1) is 0 Å². The summed E-state index contributed by atoms with van der Waals surface area (Å²) < 4.78 is 39.4. The molecule has 2 unspecified atom stereocenters. The van der Waals surface area contributed by atoms with Gasteiger partial charge in [-0.05, 0) is 36.6 Å². The molecule has 0 bridgehead atoms. The van der Waals surface area contributed by atoms with Crippen LogP contribution in [-0.4, -0.2) is 29.3 Å². The Morgan fingerprint density at radius 3 is 2.68 bits per heavy atom. The molecule has 2 atom stereocenters. The highest BCUT2D eigenvalue weighted by Gasteiger charge is 2.34. The number of aliphatic hydroxyl groups excluding tert-OH is 1. The average Bonchev–Trinajstić information content (AvgIpc) is 2.44. The van der Waals surface area contributed by atoms with Gasteiger partial charge in [0.25, 0.3) is 0 Å². The van der Waals surface area contributed by atoms with Gasteiger partial charge in [-0.25, -0.2) is 0 Å². The first-order valence-corrected chi connectivity index (χ1v) is 7.24. The summed E-state index contributed by atoms with van der Waals surface area (Å²) in [5.74, 6) is 0.290. The number of benzene rings is 1. The number of aliphatic hydroxyl groups is 1. The number of hydrogen-bond acceptors (Lipinski definition) is 3. The van der Waals surface area contributed by atoms with E-state index in [0.717, 1.165) is 6.07 Å². The maximum Gasteiger partial charge on any atom is 0.418 e. The predicted molar refractivity (Wildman–Crippen MR) is 78.7 cm³/mol. The standard InChI is InChI=1S/C16H17F3N2O/c1-10-7-11(22)9-21(8-10)14-5-4-13(16(17,18)19)15-12(14)3-2-6-20-15/h2-6,10-11,22H,7-9H2,1H3. The molecule has 22 heavy (non-hydrogen) atoms. The number of nitrogens with zero attached hydrogens (tertiary/aromatic N) is 2. The van der Waals surface area contributed by atoms with Crippen molar-refractivity contribution in [2.75, 3.05) is 18.0 Å². The van der Waals surface area contributed by atoms with Gasteiger partial charge in [0.05, 0.1) is 17.2 Å². The molecule has 0 aliphatic carbocycles. The summed E-state index contributed by atoms with van der Waals surface area (Å²) in [7, 11) is 0. The number of pyridine rings is 1. The van der Waals surface area contributed by atoms with Crippen molar-refractivity contribution in [1.29, 1.82) is 0 Å². The number of anilines is 1. The molecule has 6 heteroatoms. The van der Waals surface area contributed by atoms with E-state index in [0.29, 0.717) is 30.6 Å². The van der Waals surface area contributed by atoms with E-state index in [1.54, 1.807) is 12.1 Å². The van der Waals surface area contributed by atoms with Crippen molar-refractivity contribution in [3.63, 3.8) is 0 Å². The first-order chi connectivity index (χ1) is 10.4. The van der Waals surface area contributed by atoms with Gasteiger partial charge in [0.2, 0.25) is 0 Å². The van der Waals surface area contributed by atoms with Gasteiger partial charge < -0.3 is 10.0 Å². The van der Waals surface area contributed by atoms with E-state index in [-0.39, 0.29) is 11.4 Å². The summed E-state index contributed by atoms with van der Waals surface area (Å²) in [5, 5.41) is 10.4. The first kappa shape index (κ1) is 15.1. The van der Waals surface area contributed by atoms with Crippen molar-refractivity contribution in [3.05, 3.63) is 36.0 Å². The van der Waals surface area contributed by atoms with Crippen molar-refractivity contribution >= 4 is 16.6 Å². The highest BCUT2D eigenvalue weighted by molar-refractivity contribution is 5.94. The van der Waals surface area contributed by atoms with Crippen LogP contribution in [-0.2, 0) is 6.18 Å². The zero-order chi connectivity index (χ0) is 15.9. The van der Waals surface area contributed by atoms with Gasteiger partial charge in [0.15, 0.2) is 0 Å². The molecule has 1 aromatic heterocycles. The third-order valence-corrected chi connectivity index (χ3v) is 4.03. The summed E-state index contributed by atoms with van der Waals surface area (Å²) >= 11 is 0. The first-order valence-electron chi connectivity index (χ1n) is 7.24. The minimum absolute atomic E-state index is 0.0415. The maximum absolute atomic E-state index is 13.1. The second-order valence-electron chi connectivity index (χ2n) is 5.93. The zero-order valence-electron chi connectivity index (χ0n) is 12.1. The van der Waals surface area contributed by atoms with Crippen molar-refractivity contribution in [1.82, 2.24) is 4.98 Å². The zero-order valence-corrected chi connectivity index (χ0v) is 12.1. The molecule has 0 saturated carbocycles. The smallest absolute Gasteiger partial charge is 0.391 e. The summed E-state index contributed by atoms with van der Waals surface area (Å²) in [6.45, 7) is 3.17. The Kier molecular flexibility index (Phi) is 3.72. The van der Waals surface area contributed by atoms with Crippen LogP contribution < -0.4 is 4.90 Å². The molecule has 0 radical (unpaired) electrons. The minimum Gasteiger partial charge on any atom is -0.391 e. The molecule has 1 aliphatic rings. The largest absolute Gasteiger partial charge is 0.418 e. The van der Waals surface area contributed by atoms with Crippen LogP contribution >= 0.6 is 0 Å². The summed E-state index contributed by atoms with van der Waals surface area (Å²) in [5.41, 5.74) is -0.0700. The molecule has 1 N–H and O–H groups in total. The molecule has 1 saturated heterocycles. The highest BCUT2D eigenvalue weighted by Crippen LogP contribution is 2.38. The maximum atomic E-state index is 13.1. The average molecular weight is 310 g/mol. The van der Waals surface area contributed by atoms with Crippen molar-refractivity contribution in [2.24, 2.45) is 5.92 Å². The van der Waals surface area contributed by atoms with Gasteiger partial charge in [0.1, 0.15) is 0 Å². The Hall–Kier alpha value is -1.82. The SMILES string of the molecule is CC1CC(O)CN(c2ccc(C(F)(F)F)c3ncccc23)C1. The summed E-state index contributed by atoms with van der Waals surface area (Å²) in [6.07, 6.45) is -2.81. The van der Waals surface area contributed by atoms with Crippen LogP contribution in [0.4, 0.5) is 18.9 Å². The third kappa shape index (κ3) is 2.75. The lowest BCUT2D eigenvalue weighted by Gasteiger charge is -2.36. The monoisotopic (exact) mass is 310 g/mol. The van der Waals surface area contributed by atoms with Crippen LogP contribution in [0.3, 0.4) is 0 Å². The van der Waals surface area contributed by atoms with E-state index in [9.17, 15) is 18.3 Å². The number of alkyl halides is 3. The van der Waals surface area contributed by atoms with Crippen LogP contribution in [0.5, 0.6) is 0 Å². The minimum atomic E-state index is -4.43. The number of piperidine rings is 1. The summed E-state index contributed by atoms with van der Waals surface area (Å²) in [6, 6.07) is 5.85. The molecule has 1 aromatic carbocycles. The van der Waals surface area contributed by atoms with Gasteiger partial charge in [-0.2, -0.15) is 13.2 Å². The van der Waals surface area contributed by atoms with E-state index >= 15 is 0 Å². The second kappa shape index (κ2) is 5.43. The second-order valence-corrected chi connectivity index (χ2v) is 5.93. The van der Waals surface area contributed by atoms with E-state index in [2.05, 4.69) is 4.98 Å². The number of hydrogen-bond donors (Lipinski definition) is 1. The normalized spacial score (nSPS) is 23.0. The molecule has 1 fully saturated rings. The van der Waals surface area contributed by atoms with Crippen molar-refractivity contribution in [3.8, 4) is 0 Å². The highest BCUT2D eigenvalue weighted by atomic mass is 19.4. The number of rotatable bonds is 1. The van der Waals surface area contributed by atoms with Gasteiger partial charge in [-0.1, -0.05) is 6.92 Å². The van der Waals surface area contributed by atoms with Crippen LogP contribution in [0.15, 0.2) is 30.5 Å². The van der Waals surface area contributed by atoms with E-state index in [4.69, 9.17) is 0 Å². The Morgan fingerprint density at radius 2 is 2.00 bits per heavy atom. The van der Waals surface area contributed by atoms with E-state index in [1.807, 2.05) is 11.8 Å². The molecule has 2 aromatic rings. The number of fused-ring (bicyclic) bond motifs is 1. The quantitative estimate of drug-likeness (QED) is 0.876. The van der Waals surface area contributed by atoms with Gasteiger partial charge in [0, 0.05) is 30.4 Å². The van der Waals surface area contributed by atoms with Gasteiger partial charge >= 0.3 is 6.18 Å². The summed E-state index contributed by atoms with van der Waals surface area (Å²) in [4.78, 5) is 5.88. The lowest BCUT2D eigenvalue weighted by Crippen LogP contribution is -2.42. The van der Waals surface area contributed by atoms with Crippen LogP contribution in [0, 0.1) is 5.92 Å². The number of β-amino-alcohol motifs (C(OH)–C–C–N with tert-alkyl or cyclic N) is 1. The van der Waals surface area contributed by atoms with E-state index < -0.39 is 17.8 Å². The fourth-order valence-electron chi connectivity index (χ4n) is 3.18. The molecular formula is C16H17F3N2O. The van der Waals surface area contributed by atoms with Crippen LogP contribution in [0.25, 0.3) is 10.9 Å². The topological polar surface area (TPSA) is 36.4 Å². The number of aromatic nitrogens is 1. The fourth-order valence-corrected chi connectivity index (χ4v) is 3.18. The molecule has 2 heterocycles.